The van der Waals surface area contributed by atoms with E-state index in [0.29, 0.717) is 43.5 Å². The number of benzene rings is 2. The minimum atomic E-state index is -0.893. The first-order valence-electron chi connectivity index (χ1n) is 19.3. The standard InChI is InChI=1S/C43H54F2N4O6/c1-27-19-39(53)49(42(27)55)17-8-11-37(51)30-13-12-29(20-30)21-38(52)35(46)16-18-48(40(54)26-50)41(43(2,3)4)36-22-31(33-23-32(44)14-15-34(33)45)25-47(36)24-28-9-6-5-7-10-28/h5-7,9-10,14-15,22-23,25,27,29-30,35,41,50H,8,11-13,16-21,24,26,46H2,1-4H3/t27?,29-,30+,35+,41+/m1/s1. The predicted molar refractivity (Wildman–Crippen MR) is 204 cm³/mol. The van der Waals surface area contributed by atoms with Crippen molar-refractivity contribution in [1.29, 1.82) is 0 Å². The monoisotopic (exact) mass is 760 g/mol. The van der Waals surface area contributed by atoms with Gasteiger partial charge in [-0.1, -0.05) is 58.0 Å². The van der Waals surface area contributed by atoms with Crippen LogP contribution in [0.5, 0.6) is 0 Å². The van der Waals surface area contributed by atoms with Crippen LogP contribution < -0.4 is 5.73 Å². The molecule has 1 aromatic heterocycles. The van der Waals surface area contributed by atoms with Crippen LogP contribution in [0.3, 0.4) is 0 Å². The number of amides is 3. The molecule has 1 unspecified atom stereocenters. The largest absolute Gasteiger partial charge is 0.387 e. The summed E-state index contributed by atoms with van der Waals surface area (Å²) in [7, 11) is 0. The molecule has 55 heavy (non-hydrogen) atoms. The number of rotatable bonds is 17. The lowest BCUT2D eigenvalue weighted by molar-refractivity contribution is -0.140. The lowest BCUT2D eigenvalue weighted by atomic mass is 9.82. The number of hydrogen-bond donors (Lipinski definition) is 2. The molecule has 5 atom stereocenters. The molecule has 0 bridgehead atoms. The maximum absolute atomic E-state index is 15.1. The van der Waals surface area contributed by atoms with E-state index < -0.39 is 41.6 Å². The third-order valence-electron chi connectivity index (χ3n) is 11.1. The Bertz CT molecular complexity index is 1870. The summed E-state index contributed by atoms with van der Waals surface area (Å²) in [5, 5.41) is 10.2. The number of aromatic nitrogens is 1. The van der Waals surface area contributed by atoms with Gasteiger partial charge in [0.2, 0.25) is 17.7 Å². The third-order valence-corrected chi connectivity index (χ3v) is 11.1. The first kappa shape index (κ1) is 41.6. The van der Waals surface area contributed by atoms with Crippen LogP contribution in [0.1, 0.15) is 96.4 Å². The number of aliphatic hydroxyl groups excluding tert-OH is 1. The average molecular weight is 761 g/mol. The third kappa shape index (κ3) is 10.2. The number of hydrogen-bond acceptors (Lipinski definition) is 7. The number of ketones is 2. The number of nitrogens with zero attached hydrogens (tertiary/aromatic N) is 3. The summed E-state index contributed by atoms with van der Waals surface area (Å²) < 4.78 is 31.3. The molecule has 12 heteroatoms. The van der Waals surface area contributed by atoms with Crippen LogP contribution in [0.25, 0.3) is 11.1 Å². The smallest absolute Gasteiger partial charge is 0.248 e. The lowest BCUT2D eigenvalue weighted by Crippen LogP contribution is -2.46. The second-order valence-corrected chi connectivity index (χ2v) is 16.4. The second-order valence-electron chi connectivity index (χ2n) is 16.4. The van der Waals surface area contributed by atoms with E-state index in [1.165, 1.54) is 9.80 Å². The van der Waals surface area contributed by atoms with E-state index in [9.17, 15) is 33.5 Å². The van der Waals surface area contributed by atoms with E-state index >= 15 is 4.39 Å². The predicted octanol–water partition coefficient (Wildman–Crippen LogP) is 6.23. The summed E-state index contributed by atoms with van der Waals surface area (Å²) in [6.45, 7) is 7.48. The van der Waals surface area contributed by atoms with Crippen molar-refractivity contribution >= 4 is 29.3 Å². The van der Waals surface area contributed by atoms with Crippen molar-refractivity contribution in [2.24, 2.45) is 28.9 Å². The minimum absolute atomic E-state index is 0.00418. The Labute approximate surface area is 322 Å². The van der Waals surface area contributed by atoms with E-state index in [1.807, 2.05) is 55.7 Å². The number of aliphatic hydroxyl groups is 1. The molecule has 1 saturated heterocycles. The quantitative estimate of drug-likeness (QED) is 0.156. The molecule has 0 spiro atoms. The Morgan fingerprint density at radius 2 is 1.76 bits per heavy atom. The molecule has 3 aromatic rings. The van der Waals surface area contributed by atoms with E-state index in [1.54, 1.807) is 19.2 Å². The van der Waals surface area contributed by atoms with Gasteiger partial charge in [0.1, 0.15) is 29.8 Å². The maximum Gasteiger partial charge on any atom is 0.248 e. The van der Waals surface area contributed by atoms with Gasteiger partial charge in [-0.15, -0.1) is 0 Å². The molecule has 2 aliphatic rings. The van der Waals surface area contributed by atoms with Crippen LogP contribution in [0, 0.1) is 34.8 Å². The highest BCUT2D eigenvalue weighted by Gasteiger charge is 2.39. The van der Waals surface area contributed by atoms with Gasteiger partial charge in [-0.2, -0.15) is 0 Å². The van der Waals surface area contributed by atoms with E-state index in [-0.39, 0.29) is 85.5 Å². The van der Waals surface area contributed by atoms with Crippen molar-refractivity contribution in [3.05, 3.63) is 83.7 Å². The molecule has 10 nitrogen and oxygen atoms in total. The van der Waals surface area contributed by atoms with E-state index in [0.717, 1.165) is 23.8 Å². The second kappa shape index (κ2) is 17.9. The number of imide groups is 1. The van der Waals surface area contributed by atoms with Crippen molar-refractivity contribution in [3.63, 3.8) is 0 Å². The SMILES string of the molecule is CC1CC(=O)N(CCCC(=O)[C@H]2CC[C@@H](CC(=O)[C@@H](N)CCN(C(=O)CO)[C@@H](c3cc(-c4cc(F)ccc4F)cn3Cc3ccccc3)C(C)(C)C)C2)C1=O. The molecular formula is C43H54F2N4O6. The summed E-state index contributed by atoms with van der Waals surface area (Å²) in [6.07, 6.45) is 4.94. The summed E-state index contributed by atoms with van der Waals surface area (Å²) in [6, 6.07) is 13.1. The van der Waals surface area contributed by atoms with E-state index in [4.69, 9.17) is 5.73 Å². The topological polar surface area (TPSA) is 143 Å². The van der Waals surface area contributed by atoms with Gasteiger partial charge in [-0.05, 0) is 73.3 Å². The van der Waals surface area contributed by atoms with Gasteiger partial charge in [0.05, 0.1) is 12.1 Å². The normalized spacial score (nSPS) is 19.9. The molecule has 3 N–H and O–H groups in total. The molecule has 0 radical (unpaired) electrons. The van der Waals surface area contributed by atoms with Crippen LogP contribution in [0.15, 0.2) is 60.8 Å². The van der Waals surface area contributed by atoms with Crippen LogP contribution in [-0.2, 0) is 30.5 Å². The van der Waals surface area contributed by atoms with Gasteiger partial charge in [0.25, 0.3) is 0 Å². The molecule has 5 rings (SSSR count). The zero-order chi connectivity index (χ0) is 40.0. The molecular weight excluding hydrogens is 706 g/mol. The van der Waals surface area contributed by atoms with Gasteiger partial charge < -0.3 is 20.3 Å². The maximum atomic E-state index is 15.1. The highest BCUT2D eigenvalue weighted by molar-refractivity contribution is 6.03. The zero-order valence-electron chi connectivity index (χ0n) is 32.3. The van der Waals surface area contributed by atoms with Crippen LogP contribution >= 0.6 is 0 Å². The number of carbonyl (C=O) groups is 5. The fraction of sp³-hybridized carbons (Fsp3) is 0.512. The zero-order valence-corrected chi connectivity index (χ0v) is 32.3. The molecule has 1 aliphatic carbocycles. The highest BCUT2D eigenvalue weighted by Crippen LogP contribution is 2.41. The summed E-state index contributed by atoms with van der Waals surface area (Å²) in [5.41, 5.74) is 7.95. The van der Waals surface area contributed by atoms with Gasteiger partial charge >= 0.3 is 0 Å². The van der Waals surface area contributed by atoms with Crippen molar-refractivity contribution in [1.82, 2.24) is 14.4 Å². The fourth-order valence-electron chi connectivity index (χ4n) is 8.23. The Morgan fingerprint density at radius 1 is 1.04 bits per heavy atom. The van der Waals surface area contributed by atoms with Crippen LogP contribution in [0.2, 0.25) is 0 Å². The summed E-state index contributed by atoms with van der Waals surface area (Å²) in [5.74, 6) is -2.70. The van der Waals surface area contributed by atoms with Gasteiger partial charge in [0, 0.05) is 73.8 Å². The fourth-order valence-corrected chi connectivity index (χ4v) is 8.23. The van der Waals surface area contributed by atoms with Crippen LogP contribution in [-0.4, -0.2) is 74.5 Å². The van der Waals surface area contributed by atoms with Gasteiger partial charge in [-0.3, -0.25) is 28.9 Å². The average Bonchev–Trinajstić information content (AvgIpc) is 3.84. The van der Waals surface area contributed by atoms with Crippen molar-refractivity contribution in [2.75, 3.05) is 19.7 Å². The number of Topliss-reactive ketones (excluding diaryl/α,β-unsaturated/α-hetero) is 2. The Balaban J connectivity index is 1.26. The molecule has 1 saturated carbocycles. The number of carbonyl (C=O) groups excluding carboxylic acids is 5. The molecule has 3 amide bonds. The van der Waals surface area contributed by atoms with Crippen molar-refractivity contribution < 1.29 is 37.9 Å². The number of nitrogens with two attached hydrogens (primary N) is 1. The Hall–Kier alpha value is -4.55. The first-order valence-corrected chi connectivity index (χ1v) is 19.3. The molecule has 2 aromatic carbocycles. The molecule has 2 fully saturated rings. The summed E-state index contributed by atoms with van der Waals surface area (Å²) >= 11 is 0. The molecule has 2 heterocycles. The molecule has 1 aliphatic heterocycles. The van der Waals surface area contributed by atoms with Crippen molar-refractivity contribution in [2.45, 2.75) is 97.7 Å². The Kier molecular flexibility index (Phi) is 13.6. The summed E-state index contributed by atoms with van der Waals surface area (Å²) in [4.78, 5) is 67.0. The highest BCUT2D eigenvalue weighted by atomic mass is 19.1. The van der Waals surface area contributed by atoms with Gasteiger partial charge in [0.15, 0.2) is 0 Å². The first-order chi connectivity index (χ1) is 26.1. The van der Waals surface area contributed by atoms with Crippen LogP contribution in [0.4, 0.5) is 8.78 Å². The molecule has 296 valence electrons. The lowest BCUT2D eigenvalue weighted by Gasteiger charge is -2.41. The van der Waals surface area contributed by atoms with Gasteiger partial charge in [-0.25, -0.2) is 8.78 Å². The number of likely N-dealkylation sites (tertiary alicyclic amines) is 1. The van der Waals surface area contributed by atoms with Crippen molar-refractivity contribution in [3.8, 4) is 11.1 Å². The van der Waals surface area contributed by atoms with E-state index in [2.05, 4.69) is 0 Å². The Morgan fingerprint density at radius 3 is 2.42 bits per heavy atom. The minimum Gasteiger partial charge on any atom is -0.387 e. The number of halogens is 2.